The minimum Gasteiger partial charge on any atom is -0.493 e. The molecule has 0 heterocycles. The summed E-state index contributed by atoms with van der Waals surface area (Å²) >= 11 is 5.98. The zero-order valence-electron chi connectivity index (χ0n) is 8.86. The third-order valence-corrected chi connectivity index (χ3v) is 2.51. The van der Waals surface area contributed by atoms with Gasteiger partial charge in [-0.05, 0) is 6.07 Å². The van der Waals surface area contributed by atoms with Gasteiger partial charge in [-0.1, -0.05) is 17.7 Å². The number of ether oxygens (including phenoxy) is 2. The molecule has 1 unspecified atom stereocenters. The quantitative estimate of drug-likeness (QED) is 0.839. The minimum absolute atomic E-state index is 0.150. The van der Waals surface area contributed by atoms with Gasteiger partial charge in [0.25, 0.3) is 0 Å². The molecule has 0 radical (unpaired) electrons. The van der Waals surface area contributed by atoms with E-state index in [-0.39, 0.29) is 16.3 Å². The van der Waals surface area contributed by atoms with Gasteiger partial charge in [0.05, 0.1) is 19.2 Å². The molecule has 0 saturated heterocycles. The summed E-state index contributed by atoms with van der Waals surface area (Å²) in [5.41, 5.74) is 5.76. The summed E-state index contributed by atoms with van der Waals surface area (Å²) in [5, 5.41) is 8.94. The maximum absolute atomic E-state index is 10.8. The molecule has 16 heavy (non-hydrogen) atoms. The van der Waals surface area contributed by atoms with Crippen molar-refractivity contribution < 1.29 is 19.4 Å². The maximum atomic E-state index is 10.8. The number of hydrogen-bond donors (Lipinski definition) is 2. The molecule has 1 atom stereocenters. The summed E-state index contributed by atoms with van der Waals surface area (Å²) in [6, 6.07) is 1.87. The third-order valence-electron chi connectivity index (χ3n) is 2.12. The molecule has 1 aromatic rings. The van der Waals surface area contributed by atoms with E-state index in [0.29, 0.717) is 5.75 Å². The highest BCUT2D eigenvalue weighted by Crippen LogP contribution is 2.39. The Balaban J connectivity index is 3.29. The molecule has 5 nitrogen and oxygen atoms in total. The van der Waals surface area contributed by atoms with Crippen molar-refractivity contribution in [2.24, 2.45) is 5.73 Å². The molecule has 1 aromatic carbocycles. The number of carboxylic acids is 1. The molecule has 0 bridgehead atoms. The number of benzene rings is 1. The second-order valence-corrected chi connectivity index (χ2v) is 3.40. The number of carboxylic acid groups (broad SMARTS) is 1. The van der Waals surface area contributed by atoms with E-state index in [2.05, 4.69) is 0 Å². The number of carbonyl (C=O) groups is 1. The fourth-order valence-corrected chi connectivity index (χ4v) is 1.63. The van der Waals surface area contributed by atoms with Crippen LogP contribution in [0.5, 0.6) is 11.5 Å². The Kier molecular flexibility index (Phi) is 3.98. The first kappa shape index (κ1) is 12.6. The van der Waals surface area contributed by atoms with Crippen molar-refractivity contribution in [1.29, 1.82) is 0 Å². The fourth-order valence-electron chi connectivity index (χ4n) is 1.28. The van der Waals surface area contributed by atoms with E-state index in [0.717, 1.165) is 0 Å². The lowest BCUT2D eigenvalue weighted by Gasteiger charge is -2.14. The molecule has 3 N–H and O–H groups in total. The van der Waals surface area contributed by atoms with Crippen LogP contribution in [0.4, 0.5) is 0 Å². The molecule has 0 aliphatic heterocycles. The number of hydrogen-bond acceptors (Lipinski definition) is 4. The van der Waals surface area contributed by atoms with E-state index in [1.54, 1.807) is 6.07 Å². The van der Waals surface area contributed by atoms with E-state index in [4.69, 9.17) is 31.9 Å². The average Bonchev–Trinajstić information content (AvgIpc) is 2.27. The van der Waals surface area contributed by atoms with Gasteiger partial charge in [0, 0.05) is 5.56 Å². The van der Waals surface area contributed by atoms with Crippen molar-refractivity contribution in [3.8, 4) is 11.5 Å². The lowest BCUT2D eigenvalue weighted by Crippen LogP contribution is -2.21. The standard InChI is InChI=1S/C10H12ClNO4/c1-15-6-4-3-5(8(12)10(13)14)7(11)9(6)16-2/h3-4,8H,12H2,1-2H3,(H,13,14). The molecule has 0 fully saturated rings. The smallest absolute Gasteiger partial charge is 0.325 e. The second kappa shape index (κ2) is 5.05. The lowest BCUT2D eigenvalue weighted by atomic mass is 10.1. The molecule has 0 amide bonds. The van der Waals surface area contributed by atoms with Crippen LogP contribution in [-0.2, 0) is 4.79 Å². The van der Waals surface area contributed by atoms with E-state index in [9.17, 15) is 4.79 Å². The minimum atomic E-state index is -1.19. The van der Waals surface area contributed by atoms with Crippen LogP contribution in [0.15, 0.2) is 12.1 Å². The summed E-state index contributed by atoms with van der Waals surface area (Å²) in [7, 11) is 2.88. The van der Waals surface area contributed by atoms with Crippen molar-refractivity contribution >= 4 is 17.6 Å². The molecule has 0 aromatic heterocycles. The highest BCUT2D eigenvalue weighted by Gasteiger charge is 2.21. The summed E-state index contributed by atoms with van der Waals surface area (Å²) in [6.45, 7) is 0. The molecular weight excluding hydrogens is 234 g/mol. The first-order chi connectivity index (χ1) is 7.52. The number of rotatable bonds is 4. The fraction of sp³-hybridized carbons (Fsp3) is 0.300. The topological polar surface area (TPSA) is 81.8 Å². The van der Waals surface area contributed by atoms with Crippen LogP contribution in [0.25, 0.3) is 0 Å². The highest BCUT2D eigenvalue weighted by molar-refractivity contribution is 6.33. The predicted molar refractivity (Wildman–Crippen MR) is 59.1 cm³/mol. The van der Waals surface area contributed by atoms with Gasteiger partial charge in [0.15, 0.2) is 11.5 Å². The van der Waals surface area contributed by atoms with Gasteiger partial charge < -0.3 is 20.3 Å². The Hall–Kier alpha value is -1.46. The Morgan fingerprint density at radius 2 is 2.06 bits per heavy atom. The van der Waals surface area contributed by atoms with Crippen LogP contribution in [0.1, 0.15) is 11.6 Å². The Bertz CT molecular complexity index is 408. The summed E-state index contributed by atoms with van der Waals surface area (Å²) in [6.07, 6.45) is 0. The van der Waals surface area contributed by atoms with Crippen molar-refractivity contribution in [3.05, 3.63) is 22.7 Å². The van der Waals surface area contributed by atoms with Crippen LogP contribution < -0.4 is 15.2 Å². The van der Waals surface area contributed by atoms with Gasteiger partial charge >= 0.3 is 5.97 Å². The maximum Gasteiger partial charge on any atom is 0.325 e. The van der Waals surface area contributed by atoms with Gasteiger partial charge in [0.2, 0.25) is 0 Å². The van der Waals surface area contributed by atoms with Gasteiger partial charge in [-0.3, -0.25) is 4.79 Å². The largest absolute Gasteiger partial charge is 0.493 e. The molecule has 0 saturated carbocycles. The molecular formula is C10H12ClNO4. The summed E-state index contributed by atoms with van der Waals surface area (Å²) < 4.78 is 10.0. The van der Waals surface area contributed by atoms with E-state index in [1.165, 1.54) is 20.3 Å². The third kappa shape index (κ3) is 2.20. The van der Waals surface area contributed by atoms with Gasteiger partial charge in [-0.15, -0.1) is 0 Å². The number of halogens is 1. The zero-order valence-corrected chi connectivity index (χ0v) is 9.62. The molecule has 0 aliphatic carbocycles. The first-order valence-corrected chi connectivity index (χ1v) is 4.79. The van der Waals surface area contributed by atoms with Crippen molar-refractivity contribution in [3.63, 3.8) is 0 Å². The summed E-state index contributed by atoms with van der Waals surface area (Å²) in [5.74, 6) is -0.457. The monoisotopic (exact) mass is 245 g/mol. The van der Waals surface area contributed by atoms with E-state index < -0.39 is 12.0 Å². The van der Waals surface area contributed by atoms with Crippen LogP contribution in [0.2, 0.25) is 5.02 Å². The average molecular weight is 246 g/mol. The number of aliphatic carboxylic acids is 1. The van der Waals surface area contributed by atoms with Crippen LogP contribution >= 0.6 is 11.6 Å². The van der Waals surface area contributed by atoms with E-state index in [1.807, 2.05) is 0 Å². The summed E-state index contributed by atoms with van der Waals surface area (Å²) in [4.78, 5) is 10.8. The molecule has 0 spiro atoms. The highest BCUT2D eigenvalue weighted by atomic mass is 35.5. The molecule has 6 heteroatoms. The normalized spacial score (nSPS) is 12.0. The number of nitrogens with two attached hydrogens (primary N) is 1. The Labute approximate surface area is 97.7 Å². The van der Waals surface area contributed by atoms with E-state index >= 15 is 0 Å². The molecule has 88 valence electrons. The van der Waals surface area contributed by atoms with Gasteiger partial charge in [-0.25, -0.2) is 0 Å². The predicted octanol–water partition coefficient (Wildman–Crippen LogP) is 1.44. The van der Waals surface area contributed by atoms with Crippen LogP contribution in [-0.4, -0.2) is 25.3 Å². The molecule has 1 rings (SSSR count). The van der Waals surface area contributed by atoms with Crippen molar-refractivity contribution in [1.82, 2.24) is 0 Å². The first-order valence-electron chi connectivity index (χ1n) is 4.41. The second-order valence-electron chi connectivity index (χ2n) is 3.02. The van der Waals surface area contributed by atoms with Crippen LogP contribution in [0, 0.1) is 0 Å². The lowest BCUT2D eigenvalue weighted by molar-refractivity contribution is -0.138. The van der Waals surface area contributed by atoms with Crippen molar-refractivity contribution in [2.45, 2.75) is 6.04 Å². The SMILES string of the molecule is COc1ccc(C(N)C(=O)O)c(Cl)c1OC. The van der Waals surface area contributed by atoms with Gasteiger partial charge in [-0.2, -0.15) is 0 Å². The van der Waals surface area contributed by atoms with Crippen LogP contribution in [0.3, 0.4) is 0 Å². The Morgan fingerprint density at radius 1 is 1.44 bits per heavy atom. The number of methoxy groups -OCH3 is 2. The molecule has 0 aliphatic rings. The zero-order chi connectivity index (χ0) is 12.3. The Morgan fingerprint density at radius 3 is 2.50 bits per heavy atom. The van der Waals surface area contributed by atoms with Gasteiger partial charge in [0.1, 0.15) is 6.04 Å². The van der Waals surface area contributed by atoms with Crippen molar-refractivity contribution in [2.75, 3.05) is 14.2 Å².